The number of alkyl halides is 3. The van der Waals surface area contributed by atoms with Gasteiger partial charge in [0.25, 0.3) is 5.89 Å². The second kappa shape index (κ2) is 10.3. The molecule has 208 valence electrons. The van der Waals surface area contributed by atoms with E-state index < -0.39 is 23.5 Å². The van der Waals surface area contributed by atoms with Gasteiger partial charge in [-0.15, -0.1) is 12.4 Å². The fraction of sp³-hybridized carbons (Fsp3) is 0.276. The lowest BCUT2D eigenvalue weighted by molar-refractivity contribution is -0.147. The van der Waals surface area contributed by atoms with Crippen molar-refractivity contribution < 1.29 is 32.0 Å². The standard InChI is InChI=1S/C29H23F4N3O3.ClH/c1-15-9-17(7-8-22(15)23-3-2-4-24(25(23)30)29(31,32)33)27-34-26(35-39-27)16-5-6-18-13-36(14-20(18)10-16)21-11-19(12-21)28(37)38;/h2-10,19,21H,11-14H2,1H3,(H,37,38);1H. The highest BCUT2D eigenvalue weighted by Gasteiger charge is 2.40. The number of carbonyl (C=O) groups is 1. The van der Waals surface area contributed by atoms with Crippen LogP contribution in [0.4, 0.5) is 17.6 Å². The van der Waals surface area contributed by atoms with E-state index in [1.807, 2.05) is 18.2 Å². The van der Waals surface area contributed by atoms with E-state index in [9.17, 15) is 22.4 Å². The minimum atomic E-state index is -4.79. The number of benzene rings is 3. The fourth-order valence-electron chi connectivity index (χ4n) is 5.42. The molecule has 0 spiro atoms. The van der Waals surface area contributed by atoms with Crippen molar-refractivity contribution in [1.29, 1.82) is 0 Å². The van der Waals surface area contributed by atoms with Gasteiger partial charge < -0.3 is 9.63 Å². The number of rotatable bonds is 5. The minimum Gasteiger partial charge on any atom is -0.481 e. The Kier molecular flexibility index (Phi) is 7.18. The first-order chi connectivity index (χ1) is 18.6. The number of aromatic nitrogens is 2. The lowest BCUT2D eigenvalue weighted by atomic mass is 9.79. The van der Waals surface area contributed by atoms with Crippen molar-refractivity contribution in [2.24, 2.45) is 5.92 Å². The maximum atomic E-state index is 14.7. The highest BCUT2D eigenvalue weighted by Crippen LogP contribution is 2.39. The molecule has 0 atom stereocenters. The summed E-state index contributed by atoms with van der Waals surface area (Å²) >= 11 is 0. The molecular weight excluding hydrogens is 550 g/mol. The fourth-order valence-corrected chi connectivity index (χ4v) is 5.42. The van der Waals surface area contributed by atoms with E-state index in [2.05, 4.69) is 15.0 Å². The molecule has 2 heterocycles. The number of hydrogen-bond donors (Lipinski definition) is 1. The van der Waals surface area contributed by atoms with Crippen LogP contribution in [0.5, 0.6) is 0 Å². The van der Waals surface area contributed by atoms with Crippen LogP contribution < -0.4 is 0 Å². The van der Waals surface area contributed by atoms with Crippen LogP contribution in [0.15, 0.2) is 59.1 Å². The van der Waals surface area contributed by atoms with Crippen molar-refractivity contribution in [3.63, 3.8) is 0 Å². The molecule has 0 unspecified atom stereocenters. The topological polar surface area (TPSA) is 79.5 Å². The Labute approximate surface area is 233 Å². The van der Waals surface area contributed by atoms with Gasteiger partial charge in [0.1, 0.15) is 5.82 Å². The van der Waals surface area contributed by atoms with E-state index in [1.54, 1.807) is 25.1 Å². The zero-order chi connectivity index (χ0) is 27.5. The number of carboxylic acids is 1. The Bertz CT molecular complexity index is 1600. The molecule has 0 radical (unpaired) electrons. The molecule has 4 aromatic rings. The first-order valence-electron chi connectivity index (χ1n) is 12.5. The van der Waals surface area contributed by atoms with Crippen molar-refractivity contribution in [1.82, 2.24) is 15.0 Å². The number of carboxylic acid groups (broad SMARTS) is 1. The molecular formula is C29H24ClF4N3O3. The predicted molar refractivity (Wildman–Crippen MR) is 141 cm³/mol. The van der Waals surface area contributed by atoms with E-state index >= 15 is 0 Å². The quantitative estimate of drug-likeness (QED) is 0.256. The van der Waals surface area contributed by atoms with Crippen molar-refractivity contribution >= 4 is 18.4 Å². The summed E-state index contributed by atoms with van der Waals surface area (Å²) in [4.78, 5) is 17.9. The zero-order valence-corrected chi connectivity index (χ0v) is 22.0. The van der Waals surface area contributed by atoms with E-state index in [0.29, 0.717) is 35.4 Å². The number of hydrogen-bond acceptors (Lipinski definition) is 5. The highest BCUT2D eigenvalue weighted by molar-refractivity contribution is 5.85. The molecule has 6 rings (SSSR count). The number of halogens is 5. The molecule has 3 aromatic carbocycles. The first kappa shape index (κ1) is 27.8. The Hall–Kier alpha value is -3.76. The molecule has 2 aliphatic rings. The summed E-state index contributed by atoms with van der Waals surface area (Å²) in [5.74, 6) is -1.67. The minimum absolute atomic E-state index is 0. The van der Waals surface area contributed by atoms with Crippen LogP contribution in [0.2, 0.25) is 0 Å². The van der Waals surface area contributed by atoms with Gasteiger partial charge in [-0.05, 0) is 66.3 Å². The molecule has 6 nitrogen and oxygen atoms in total. The SMILES string of the molecule is Cc1cc(-c2nc(-c3ccc4c(c3)CN(C3CC(C(=O)O)C3)C4)no2)ccc1-c1cccc(C(F)(F)F)c1F.Cl. The monoisotopic (exact) mass is 573 g/mol. The number of aryl methyl sites for hydroxylation is 1. The third kappa shape index (κ3) is 4.97. The molecule has 1 aliphatic carbocycles. The van der Waals surface area contributed by atoms with Crippen LogP contribution in [-0.4, -0.2) is 32.2 Å². The molecule has 11 heteroatoms. The Balaban J connectivity index is 0.00000323. The van der Waals surface area contributed by atoms with Gasteiger partial charge in [0.15, 0.2) is 0 Å². The zero-order valence-electron chi connectivity index (χ0n) is 21.2. The van der Waals surface area contributed by atoms with Crippen LogP contribution >= 0.6 is 12.4 Å². The average Bonchev–Trinajstić information content (AvgIpc) is 3.49. The largest absolute Gasteiger partial charge is 0.481 e. The van der Waals surface area contributed by atoms with Gasteiger partial charge in [-0.2, -0.15) is 18.2 Å². The Morgan fingerprint density at radius 3 is 2.42 bits per heavy atom. The molecule has 0 amide bonds. The van der Waals surface area contributed by atoms with Gasteiger partial charge in [-0.1, -0.05) is 35.5 Å². The lowest BCUT2D eigenvalue weighted by Gasteiger charge is -2.39. The molecule has 1 aromatic heterocycles. The van der Waals surface area contributed by atoms with Gasteiger partial charge in [0.05, 0.1) is 11.5 Å². The van der Waals surface area contributed by atoms with Crippen molar-refractivity contribution in [2.75, 3.05) is 0 Å². The molecule has 1 aliphatic heterocycles. The third-order valence-electron chi connectivity index (χ3n) is 7.68. The van der Waals surface area contributed by atoms with Gasteiger partial charge in [-0.3, -0.25) is 9.69 Å². The van der Waals surface area contributed by atoms with Crippen molar-refractivity contribution in [2.45, 2.75) is 45.1 Å². The lowest BCUT2D eigenvalue weighted by Crippen LogP contribution is -2.44. The van der Waals surface area contributed by atoms with E-state index in [1.165, 1.54) is 17.7 Å². The summed E-state index contributed by atoms with van der Waals surface area (Å²) in [7, 11) is 0. The maximum Gasteiger partial charge on any atom is 0.419 e. The first-order valence-corrected chi connectivity index (χ1v) is 12.5. The Morgan fingerprint density at radius 2 is 1.73 bits per heavy atom. The second-order valence-corrected chi connectivity index (χ2v) is 10.2. The molecule has 0 saturated heterocycles. The van der Waals surface area contributed by atoms with Crippen molar-refractivity contribution in [3.05, 3.63) is 82.7 Å². The van der Waals surface area contributed by atoms with E-state index in [0.717, 1.165) is 30.3 Å². The summed E-state index contributed by atoms with van der Waals surface area (Å²) in [5.41, 5.74) is 3.13. The molecule has 1 N–H and O–H groups in total. The van der Waals surface area contributed by atoms with Crippen LogP contribution in [-0.2, 0) is 24.1 Å². The number of fused-ring (bicyclic) bond motifs is 1. The van der Waals surface area contributed by atoms with Gasteiger partial charge in [0, 0.05) is 35.8 Å². The molecule has 0 bridgehead atoms. The number of aliphatic carboxylic acids is 1. The highest BCUT2D eigenvalue weighted by atomic mass is 35.5. The third-order valence-corrected chi connectivity index (χ3v) is 7.68. The molecule has 1 saturated carbocycles. The van der Waals surface area contributed by atoms with Gasteiger partial charge in [0.2, 0.25) is 5.82 Å². The van der Waals surface area contributed by atoms with E-state index in [4.69, 9.17) is 9.63 Å². The van der Waals surface area contributed by atoms with Crippen LogP contribution in [0.25, 0.3) is 34.0 Å². The average molecular weight is 574 g/mol. The van der Waals surface area contributed by atoms with Crippen molar-refractivity contribution in [3.8, 4) is 34.0 Å². The summed E-state index contributed by atoms with van der Waals surface area (Å²) in [6, 6.07) is 14.3. The van der Waals surface area contributed by atoms with E-state index in [-0.39, 0.29) is 35.8 Å². The Morgan fingerprint density at radius 1 is 1.00 bits per heavy atom. The molecule has 1 fully saturated rings. The smallest absolute Gasteiger partial charge is 0.419 e. The molecule has 40 heavy (non-hydrogen) atoms. The van der Waals surface area contributed by atoms with Gasteiger partial charge in [-0.25, -0.2) is 4.39 Å². The predicted octanol–water partition coefficient (Wildman–Crippen LogP) is 7.14. The summed E-state index contributed by atoms with van der Waals surface area (Å²) in [6.07, 6.45) is -3.45. The second-order valence-electron chi connectivity index (χ2n) is 10.2. The number of nitrogens with zero attached hydrogens (tertiary/aromatic N) is 3. The maximum absolute atomic E-state index is 14.7. The van der Waals surface area contributed by atoms with Crippen LogP contribution in [0.1, 0.15) is 35.1 Å². The van der Waals surface area contributed by atoms with Crippen LogP contribution in [0.3, 0.4) is 0 Å². The van der Waals surface area contributed by atoms with Crippen LogP contribution in [0, 0.1) is 18.7 Å². The summed E-state index contributed by atoms with van der Waals surface area (Å²) < 4.78 is 59.7. The van der Waals surface area contributed by atoms with Gasteiger partial charge >= 0.3 is 12.1 Å². The summed E-state index contributed by atoms with van der Waals surface area (Å²) in [5, 5.41) is 13.3. The normalized spacial score (nSPS) is 18.6. The summed E-state index contributed by atoms with van der Waals surface area (Å²) in [6.45, 7) is 3.20.